The monoisotopic (exact) mass is 342 g/mol. The second kappa shape index (κ2) is 7.65. The molecular formula is C15H22N2O5S. The van der Waals surface area contributed by atoms with Crippen molar-refractivity contribution in [1.29, 1.82) is 0 Å². The third-order valence-electron chi connectivity index (χ3n) is 3.67. The predicted octanol–water partition coefficient (Wildman–Crippen LogP) is 1.55. The van der Waals surface area contributed by atoms with Gasteiger partial charge in [0.25, 0.3) is 0 Å². The lowest BCUT2D eigenvalue weighted by atomic mass is 10.3. The molecule has 7 nitrogen and oxygen atoms in total. The Labute approximate surface area is 136 Å². The van der Waals surface area contributed by atoms with Gasteiger partial charge in [-0.3, -0.25) is 0 Å². The van der Waals surface area contributed by atoms with Crippen LogP contribution < -0.4 is 4.74 Å². The highest BCUT2D eigenvalue weighted by Gasteiger charge is 2.30. The number of nitrogens with zero attached hydrogens (tertiary/aromatic N) is 2. The van der Waals surface area contributed by atoms with Crippen LogP contribution in [-0.4, -0.2) is 63.6 Å². The molecular weight excluding hydrogens is 320 g/mol. The first-order valence-corrected chi connectivity index (χ1v) is 8.99. The van der Waals surface area contributed by atoms with E-state index in [1.807, 2.05) is 0 Å². The molecule has 2 rings (SSSR count). The first-order chi connectivity index (χ1) is 11.0. The van der Waals surface area contributed by atoms with E-state index in [0.717, 1.165) is 0 Å². The Morgan fingerprint density at radius 3 is 2.61 bits per heavy atom. The van der Waals surface area contributed by atoms with E-state index in [-0.39, 0.29) is 11.4 Å². The molecule has 23 heavy (non-hydrogen) atoms. The summed E-state index contributed by atoms with van der Waals surface area (Å²) in [6.07, 6.45) is 0.164. The molecule has 0 bridgehead atoms. The molecule has 1 aliphatic rings. The van der Waals surface area contributed by atoms with E-state index < -0.39 is 16.1 Å². The molecule has 1 amide bonds. The minimum atomic E-state index is -3.66. The van der Waals surface area contributed by atoms with Gasteiger partial charge in [-0.05, 0) is 25.5 Å². The first-order valence-electron chi connectivity index (χ1n) is 7.55. The summed E-state index contributed by atoms with van der Waals surface area (Å²) in [6, 6.07) is 6.54. The SMILES string of the molecule is CCOC(=O)N1CCCN(S(=O)(=O)c2ccccc2OC)CC1. The number of carbonyl (C=O) groups excluding carboxylic acids is 1. The summed E-state index contributed by atoms with van der Waals surface area (Å²) < 4.78 is 37.2. The predicted molar refractivity (Wildman–Crippen MR) is 85.0 cm³/mol. The van der Waals surface area contributed by atoms with Crippen molar-refractivity contribution in [3.8, 4) is 5.75 Å². The number of para-hydroxylation sites is 1. The quantitative estimate of drug-likeness (QED) is 0.830. The van der Waals surface area contributed by atoms with Gasteiger partial charge in [-0.1, -0.05) is 12.1 Å². The fourth-order valence-electron chi connectivity index (χ4n) is 2.50. The average molecular weight is 342 g/mol. The normalized spacial score (nSPS) is 16.7. The van der Waals surface area contributed by atoms with Gasteiger partial charge >= 0.3 is 6.09 Å². The molecule has 0 atom stereocenters. The highest BCUT2D eigenvalue weighted by Crippen LogP contribution is 2.26. The minimum Gasteiger partial charge on any atom is -0.495 e. The Morgan fingerprint density at radius 1 is 1.17 bits per heavy atom. The van der Waals surface area contributed by atoms with Gasteiger partial charge in [-0.2, -0.15) is 4.31 Å². The van der Waals surface area contributed by atoms with Crippen LogP contribution in [0.5, 0.6) is 5.75 Å². The second-order valence-corrected chi connectivity index (χ2v) is 7.00. The highest BCUT2D eigenvalue weighted by atomic mass is 32.2. The zero-order valence-electron chi connectivity index (χ0n) is 13.4. The van der Waals surface area contributed by atoms with Crippen LogP contribution in [0.2, 0.25) is 0 Å². The van der Waals surface area contributed by atoms with Gasteiger partial charge in [-0.25, -0.2) is 13.2 Å². The molecule has 0 aliphatic carbocycles. The lowest BCUT2D eigenvalue weighted by Gasteiger charge is -2.22. The molecule has 1 heterocycles. The van der Waals surface area contributed by atoms with Gasteiger partial charge in [0.1, 0.15) is 10.6 Å². The molecule has 0 saturated carbocycles. The van der Waals surface area contributed by atoms with Gasteiger partial charge in [0, 0.05) is 26.2 Å². The van der Waals surface area contributed by atoms with Crippen molar-refractivity contribution in [2.45, 2.75) is 18.2 Å². The summed E-state index contributed by atoms with van der Waals surface area (Å²) in [6.45, 7) is 3.44. The Balaban J connectivity index is 2.17. The second-order valence-electron chi connectivity index (χ2n) is 5.09. The summed E-state index contributed by atoms with van der Waals surface area (Å²) in [5.41, 5.74) is 0. The van der Waals surface area contributed by atoms with E-state index in [1.165, 1.54) is 17.5 Å². The highest BCUT2D eigenvalue weighted by molar-refractivity contribution is 7.89. The third-order valence-corrected chi connectivity index (χ3v) is 5.61. The number of methoxy groups -OCH3 is 1. The first kappa shape index (κ1) is 17.6. The van der Waals surface area contributed by atoms with Crippen molar-refractivity contribution in [1.82, 2.24) is 9.21 Å². The maximum Gasteiger partial charge on any atom is 0.409 e. The minimum absolute atomic E-state index is 0.145. The standard InChI is InChI=1S/C15H22N2O5S/c1-3-22-15(18)16-9-6-10-17(12-11-16)23(19,20)14-8-5-4-7-13(14)21-2/h4-5,7-8H,3,6,9-12H2,1-2H3. The van der Waals surface area contributed by atoms with Crippen LogP contribution in [0.3, 0.4) is 0 Å². The van der Waals surface area contributed by atoms with Crippen molar-refractivity contribution < 1.29 is 22.7 Å². The fourth-order valence-corrected chi connectivity index (χ4v) is 4.13. The van der Waals surface area contributed by atoms with Crippen LogP contribution in [0.4, 0.5) is 4.79 Å². The van der Waals surface area contributed by atoms with Gasteiger partial charge in [0.2, 0.25) is 10.0 Å². The molecule has 128 valence electrons. The van der Waals surface area contributed by atoms with E-state index in [0.29, 0.717) is 38.4 Å². The smallest absolute Gasteiger partial charge is 0.409 e. The summed E-state index contributed by atoms with van der Waals surface area (Å²) in [4.78, 5) is 13.5. The Bertz CT molecular complexity index is 647. The summed E-state index contributed by atoms with van der Waals surface area (Å²) in [5.74, 6) is 0.319. The average Bonchev–Trinajstić information content (AvgIpc) is 2.81. The van der Waals surface area contributed by atoms with E-state index in [2.05, 4.69) is 0 Å². The molecule has 1 saturated heterocycles. The van der Waals surface area contributed by atoms with Crippen LogP contribution in [0.15, 0.2) is 29.2 Å². The van der Waals surface area contributed by atoms with Crippen LogP contribution >= 0.6 is 0 Å². The lowest BCUT2D eigenvalue weighted by molar-refractivity contribution is 0.109. The molecule has 1 aromatic carbocycles. The van der Waals surface area contributed by atoms with Crippen LogP contribution in [0.1, 0.15) is 13.3 Å². The maximum absolute atomic E-state index is 12.8. The van der Waals surface area contributed by atoms with Crippen molar-refractivity contribution >= 4 is 16.1 Å². The number of ether oxygens (including phenoxy) is 2. The van der Waals surface area contributed by atoms with E-state index >= 15 is 0 Å². The van der Waals surface area contributed by atoms with E-state index in [9.17, 15) is 13.2 Å². The molecule has 0 radical (unpaired) electrons. The van der Waals surface area contributed by atoms with E-state index in [1.54, 1.807) is 30.0 Å². The van der Waals surface area contributed by atoms with Crippen LogP contribution in [-0.2, 0) is 14.8 Å². The Morgan fingerprint density at radius 2 is 1.91 bits per heavy atom. The lowest BCUT2D eigenvalue weighted by Crippen LogP contribution is -2.37. The summed E-state index contributed by atoms with van der Waals surface area (Å²) in [5, 5.41) is 0. The topological polar surface area (TPSA) is 76.2 Å². The number of hydrogen-bond acceptors (Lipinski definition) is 5. The van der Waals surface area contributed by atoms with Gasteiger partial charge in [-0.15, -0.1) is 0 Å². The number of hydrogen-bond donors (Lipinski definition) is 0. The maximum atomic E-state index is 12.8. The van der Waals surface area contributed by atoms with Gasteiger partial charge < -0.3 is 14.4 Å². The van der Waals surface area contributed by atoms with Crippen LogP contribution in [0, 0.1) is 0 Å². The van der Waals surface area contributed by atoms with E-state index in [4.69, 9.17) is 9.47 Å². The largest absolute Gasteiger partial charge is 0.495 e. The number of sulfonamides is 1. The summed E-state index contributed by atoms with van der Waals surface area (Å²) in [7, 11) is -2.22. The van der Waals surface area contributed by atoms with Gasteiger partial charge in [0.05, 0.1) is 13.7 Å². The summed E-state index contributed by atoms with van der Waals surface area (Å²) >= 11 is 0. The Hall–Kier alpha value is -1.80. The molecule has 8 heteroatoms. The molecule has 0 aromatic heterocycles. The Kier molecular flexibility index (Phi) is 5.84. The molecule has 0 spiro atoms. The van der Waals surface area contributed by atoms with Crippen molar-refractivity contribution in [3.05, 3.63) is 24.3 Å². The van der Waals surface area contributed by atoms with Gasteiger partial charge in [0.15, 0.2) is 0 Å². The van der Waals surface area contributed by atoms with Crippen molar-refractivity contribution in [3.63, 3.8) is 0 Å². The zero-order chi connectivity index (χ0) is 16.9. The molecule has 0 N–H and O–H groups in total. The van der Waals surface area contributed by atoms with Crippen LogP contribution in [0.25, 0.3) is 0 Å². The van der Waals surface area contributed by atoms with Crippen molar-refractivity contribution in [2.75, 3.05) is 39.9 Å². The molecule has 1 aromatic rings. The molecule has 0 unspecified atom stereocenters. The fraction of sp³-hybridized carbons (Fsp3) is 0.533. The molecule has 1 aliphatic heterocycles. The third kappa shape index (κ3) is 3.94. The zero-order valence-corrected chi connectivity index (χ0v) is 14.2. The number of benzene rings is 1. The van der Waals surface area contributed by atoms with Crippen molar-refractivity contribution in [2.24, 2.45) is 0 Å². The number of carbonyl (C=O) groups is 1. The number of rotatable bonds is 4. The number of amides is 1. The molecule has 1 fully saturated rings.